The summed E-state index contributed by atoms with van der Waals surface area (Å²) in [4.78, 5) is 0. The summed E-state index contributed by atoms with van der Waals surface area (Å²) in [5.74, 6) is 1.07. The van der Waals surface area contributed by atoms with Crippen LogP contribution < -0.4 is 0 Å². The van der Waals surface area contributed by atoms with Crippen LogP contribution in [0.15, 0.2) is 0 Å². The first-order chi connectivity index (χ1) is 6.41. The Hall–Kier alpha value is 1.70. The van der Waals surface area contributed by atoms with Gasteiger partial charge in [0.25, 0.3) is 0 Å². The fourth-order valence-electron chi connectivity index (χ4n) is 1.60. The van der Waals surface area contributed by atoms with Crippen molar-refractivity contribution in [2.75, 3.05) is 5.75 Å². The van der Waals surface area contributed by atoms with Gasteiger partial charge < -0.3 is 0 Å². The van der Waals surface area contributed by atoms with Crippen LogP contribution in [0, 0.1) is 40.8 Å². The molecule has 0 aliphatic rings. The number of hydrogen-bond acceptors (Lipinski definition) is 1. The molecule has 0 heterocycles. The summed E-state index contributed by atoms with van der Waals surface area (Å²) < 4.78 is 0. The van der Waals surface area contributed by atoms with Gasteiger partial charge in [-0.3, -0.25) is 0 Å². The molecule has 0 rings (SSSR count). The summed E-state index contributed by atoms with van der Waals surface area (Å²) >= 11 is 4.20. The third-order valence-electron chi connectivity index (χ3n) is 2.51. The van der Waals surface area contributed by atoms with Crippen LogP contribution in [-0.2, 0) is 0 Å². The smallest absolute Gasteiger partial charge is 0 e. The molecule has 84 valence electrons. The summed E-state index contributed by atoms with van der Waals surface area (Å²) in [6.07, 6.45) is 14.2. The zero-order valence-electron chi connectivity index (χ0n) is 9.73. The second kappa shape index (κ2) is 17.1. The molecule has 0 amide bonds. The van der Waals surface area contributed by atoms with Crippen molar-refractivity contribution in [3.63, 3.8) is 0 Å². The molecule has 0 aromatic carbocycles. The van der Waals surface area contributed by atoms with E-state index in [1.54, 1.807) is 0 Å². The quantitative estimate of drug-likeness (QED) is 0.425. The van der Waals surface area contributed by atoms with Crippen molar-refractivity contribution in [2.24, 2.45) is 0 Å². The van der Waals surface area contributed by atoms with Crippen molar-refractivity contribution in [1.29, 1.82) is 0 Å². The van der Waals surface area contributed by atoms with Gasteiger partial charge in [-0.1, -0.05) is 64.7 Å². The summed E-state index contributed by atoms with van der Waals surface area (Å²) in [7, 11) is 0. The van der Waals surface area contributed by atoms with Gasteiger partial charge in [0.05, 0.1) is 0 Å². The van der Waals surface area contributed by atoms with Gasteiger partial charge in [-0.2, -0.15) is 12.6 Å². The van der Waals surface area contributed by atoms with Gasteiger partial charge in [-0.05, 0) is 12.2 Å². The molecule has 0 saturated carbocycles. The van der Waals surface area contributed by atoms with Gasteiger partial charge in [-0.25, -0.2) is 0 Å². The van der Waals surface area contributed by atoms with Crippen molar-refractivity contribution in [3.05, 3.63) is 0 Å². The molecule has 0 bridgehead atoms. The molecule has 0 N–H and O–H groups in total. The Balaban J connectivity index is 0. The Morgan fingerprint density at radius 1 is 0.643 bits per heavy atom. The zero-order valence-corrected chi connectivity index (χ0v) is 13.8. The number of unbranched alkanes of at least 4 members (excludes halogenated alkanes) is 9. The molecule has 0 unspecified atom stereocenters. The molecule has 0 aliphatic carbocycles. The average Bonchev–Trinajstić information content (AvgIpc) is 2.16. The molecular formula is C12H26NdS. The monoisotopic (exact) mass is 344 g/mol. The Kier molecular flexibility index (Phi) is 22.1. The molecule has 0 spiro atoms. The predicted octanol–water partition coefficient (Wildman–Crippen LogP) is 4.84. The molecule has 0 aromatic heterocycles. The van der Waals surface area contributed by atoms with Crippen LogP contribution in [0.25, 0.3) is 0 Å². The first kappa shape index (κ1) is 18.1. The van der Waals surface area contributed by atoms with Crippen LogP contribution in [0.3, 0.4) is 0 Å². The van der Waals surface area contributed by atoms with Crippen molar-refractivity contribution in [3.8, 4) is 0 Å². The Morgan fingerprint density at radius 2 is 1.00 bits per heavy atom. The van der Waals surface area contributed by atoms with Crippen LogP contribution in [-0.4, -0.2) is 5.75 Å². The van der Waals surface area contributed by atoms with Gasteiger partial charge in [0.2, 0.25) is 0 Å². The second-order valence-corrected chi connectivity index (χ2v) is 4.35. The Labute approximate surface area is 129 Å². The molecule has 0 nitrogen and oxygen atoms in total. The molecule has 0 aliphatic heterocycles. The maximum atomic E-state index is 4.20. The summed E-state index contributed by atoms with van der Waals surface area (Å²) in [6.45, 7) is 2.28. The number of thiol groups is 1. The van der Waals surface area contributed by atoms with E-state index in [0.717, 1.165) is 5.75 Å². The van der Waals surface area contributed by atoms with E-state index in [-0.39, 0.29) is 40.8 Å². The fraction of sp³-hybridized carbons (Fsp3) is 1.00. The van der Waals surface area contributed by atoms with Crippen LogP contribution in [0.1, 0.15) is 71.1 Å². The summed E-state index contributed by atoms with van der Waals surface area (Å²) in [5, 5.41) is 0. The van der Waals surface area contributed by atoms with Crippen LogP contribution >= 0.6 is 12.6 Å². The third-order valence-corrected chi connectivity index (χ3v) is 2.83. The largest absolute Gasteiger partial charge is 0.179 e. The minimum atomic E-state index is 0. The fourth-order valence-corrected chi connectivity index (χ4v) is 1.82. The SMILES string of the molecule is CCCCCCCCCCCCS.[Nd]. The van der Waals surface area contributed by atoms with Crippen molar-refractivity contribution in [1.82, 2.24) is 0 Å². The first-order valence-electron chi connectivity index (χ1n) is 6.02. The predicted molar refractivity (Wildman–Crippen MR) is 65.7 cm³/mol. The van der Waals surface area contributed by atoms with E-state index in [4.69, 9.17) is 0 Å². The normalized spacial score (nSPS) is 9.86. The molecule has 0 saturated heterocycles. The molecule has 0 radical (unpaired) electrons. The molecule has 0 fully saturated rings. The maximum absolute atomic E-state index is 4.20. The van der Waals surface area contributed by atoms with Gasteiger partial charge >= 0.3 is 0 Å². The van der Waals surface area contributed by atoms with Crippen LogP contribution in [0.4, 0.5) is 0 Å². The summed E-state index contributed by atoms with van der Waals surface area (Å²) in [5.41, 5.74) is 0. The van der Waals surface area contributed by atoms with Crippen LogP contribution in [0.5, 0.6) is 0 Å². The number of hydrogen-bond donors (Lipinski definition) is 1. The van der Waals surface area contributed by atoms with E-state index < -0.39 is 0 Å². The van der Waals surface area contributed by atoms with Gasteiger partial charge in [0.1, 0.15) is 0 Å². The zero-order chi connectivity index (χ0) is 9.78. The topological polar surface area (TPSA) is 0 Å². The van der Waals surface area contributed by atoms with Crippen molar-refractivity contribution >= 4 is 12.6 Å². The minimum Gasteiger partial charge on any atom is -0.179 e. The summed E-state index contributed by atoms with van der Waals surface area (Å²) in [6, 6.07) is 0. The van der Waals surface area contributed by atoms with E-state index >= 15 is 0 Å². The van der Waals surface area contributed by atoms with Gasteiger partial charge in [0, 0.05) is 40.8 Å². The Bertz CT molecular complexity index is 76.4. The number of rotatable bonds is 10. The molecule has 14 heavy (non-hydrogen) atoms. The Morgan fingerprint density at radius 3 is 1.36 bits per heavy atom. The average molecular weight is 347 g/mol. The first-order valence-corrected chi connectivity index (χ1v) is 6.66. The van der Waals surface area contributed by atoms with Crippen molar-refractivity contribution in [2.45, 2.75) is 71.1 Å². The van der Waals surface area contributed by atoms with E-state index in [0.29, 0.717) is 0 Å². The van der Waals surface area contributed by atoms with E-state index in [1.165, 1.54) is 64.2 Å². The van der Waals surface area contributed by atoms with Gasteiger partial charge in [-0.15, -0.1) is 0 Å². The molecular weight excluding hydrogens is 320 g/mol. The van der Waals surface area contributed by atoms with Gasteiger partial charge in [0.15, 0.2) is 0 Å². The van der Waals surface area contributed by atoms with Crippen molar-refractivity contribution < 1.29 is 40.8 Å². The maximum Gasteiger partial charge on any atom is 0 e. The van der Waals surface area contributed by atoms with E-state index in [9.17, 15) is 0 Å². The molecule has 0 aromatic rings. The minimum absolute atomic E-state index is 0. The van der Waals surface area contributed by atoms with Crippen LogP contribution in [0.2, 0.25) is 0 Å². The van der Waals surface area contributed by atoms with E-state index in [1.807, 2.05) is 0 Å². The molecule has 2 heteroatoms. The van der Waals surface area contributed by atoms with E-state index in [2.05, 4.69) is 19.6 Å². The molecule has 0 atom stereocenters. The standard InChI is InChI=1S/C12H26S.Nd/c1-2-3-4-5-6-7-8-9-10-11-12-13;/h13H,2-12H2,1H3;. The third kappa shape index (κ3) is 16.1. The second-order valence-electron chi connectivity index (χ2n) is 3.91.